The summed E-state index contributed by atoms with van der Waals surface area (Å²) in [6, 6.07) is 61.4. The first-order valence-corrected chi connectivity index (χ1v) is 25.0. The summed E-state index contributed by atoms with van der Waals surface area (Å²) in [4.78, 5) is 10.5. The van der Waals surface area contributed by atoms with Crippen molar-refractivity contribution >= 4 is 65.3 Å². The fourth-order valence-corrected chi connectivity index (χ4v) is 7.73. The molecule has 0 radical (unpaired) electrons. The molecule has 9 rings (SSSR count). The molecular formula is C50H40IN2PPd. The second kappa shape index (κ2) is 17.9. The van der Waals surface area contributed by atoms with Gasteiger partial charge in [0.1, 0.15) is 0 Å². The van der Waals surface area contributed by atoms with Crippen LogP contribution in [0.4, 0.5) is 0 Å². The molecule has 1 heterocycles. The predicted octanol–water partition coefficient (Wildman–Crippen LogP) is 14.0. The van der Waals surface area contributed by atoms with Gasteiger partial charge in [0, 0.05) is 16.7 Å². The van der Waals surface area contributed by atoms with Crippen LogP contribution in [0.1, 0.15) is 11.1 Å². The van der Waals surface area contributed by atoms with Crippen molar-refractivity contribution in [2.75, 3.05) is 13.3 Å². The van der Waals surface area contributed by atoms with E-state index in [-0.39, 0.29) is 7.92 Å². The third-order valence-corrected chi connectivity index (χ3v) is 11.2. The molecule has 2 nitrogen and oxygen atoms in total. The number of rotatable bonds is 5. The number of aromatic nitrogens is 2. The van der Waals surface area contributed by atoms with Crippen LogP contribution in [0.5, 0.6) is 0 Å². The summed E-state index contributed by atoms with van der Waals surface area (Å²) in [7, 11) is 0.104. The topological polar surface area (TPSA) is 25.8 Å². The van der Waals surface area contributed by atoms with Crippen molar-refractivity contribution < 1.29 is 15.6 Å². The van der Waals surface area contributed by atoms with Gasteiger partial charge in [-0.2, -0.15) is 18.2 Å². The van der Waals surface area contributed by atoms with Crippen LogP contribution < -0.4 is 5.30 Å². The molecule has 0 fully saturated rings. The van der Waals surface area contributed by atoms with E-state index in [4.69, 9.17) is 9.97 Å². The van der Waals surface area contributed by atoms with Gasteiger partial charge in [0.05, 0.1) is 22.9 Å². The number of aryl methyl sites for hydroxylation is 2. The molecule has 0 aliphatic carbocycles. The fraction of sp³-hybridized carbons (Fsp3) is 0.0800. The standard InChI is InChI=1S/C42H29N2.C8H11P.HI.Pd/c1-27-14-18-30(19-15-27)36-22-23-37(31-20-16-28(2)17-21-31)42-41(36)43-26-40(44-42)33-24-32-9-4-6-12-35(32)39(25-33)38-13-7-10-29-8-3-5-11-34(29)38;1-9(2)8-6-4-3-5-7-8;;/h3-6,8-26H,1-2H3;3-7H,1-2H3;1H;/q-1;;;+2/p-1. The van der Waals surface area contributed by atoms with Crippen molar-refractivity contribution in [1.82, 2.24) is 9.97 Å². The molecule has 0 aliphatic heterocycles. The van der Waals surface area contributed by atoms with Gasteiger partial charge in [-0.25, -0.2) is 4.98 Å². The molecule has 0 N–H and O–H groups in total. The van der Waals surface area contributed by atoms with E-state index in [1.165, 1.54) is 43.5 Å². The van der Waals surface area contributed by atoms with E-state index in [2.05, 4.69) is 213 Å². The Morgan fingerprint density at radius 1 is 0.509 bits per heavy atom. The molecular weight excluding hydrogens is 893 g/mol. The molecule has 0 atom stereocenters. The Morgan fingerprint density at radius 3 is 1.65 bits per heavy atom. The predicted molar refractivity (Wildman–Crippen MR) is 243 cm³/mol. The van der Waals surface area contributed by atoms with Crippen molar-refractivity contribution in [2.45, 2.75) is 13.8 Å². The molecule has 0 unspecified atom stereocenters. The molecule has 0 spiro atoms. The Morgan fingerprint density at radius 2 is 1.05 bits per heavy atom. The van der Waals surface area contributed by atoms with Crippen molar-refractivity contribution in [3.05, 3.63) is 187 Å². The maximum atomic E-state index is 5.38. The number of nitrogens with zero attached hydrogens (tertiary/aromatic N) is 2. The molecule has 0 aliphatic rings. The first-order valence-electron chi connectivity index (χ1n) is 18.1. The van der Waals surface area contributed by atoms with Gasteiger partial charge in [-0.1, -0.05) is 164 Å². The van der Waals surface area contributed by atoms with Crippen LogP contribution in [-0.2, 0) is 15.6 Å². The van der Waals surface area contributed by atoms with Gasteiger partial charge in [-0.05, 0) is 60.4 Å². The zero-order chi connectivity index (χ0) is 38.3. The third-order valence-electron chi connectivity index (χ3n) is 9.86. The van der Waals surface area contributed by atoms with Crippen molar-refractivity contribution in [1.29, 1.82) is 0 Å². The van der Waals surface area contributed by atoms with E-state index in [1.807, 2.05) is 25.7 Å². The third kappa shape index (κ3) is 8.65. The summed E-state index contributed by atoms with van der Waals surface area (Å²) in [5, 5.41) is 6.24. The van der Waals surface area contributed by atoms with Crippen molar-refractivity contribution in [2.24, 2.45) is 0 Å². The van der Waals surface area contributed by atoms with E-state index in [9.17, 15) is 0 Å². The monoisotopic (exact) mass is 932 g/mol. The quantitative estimate of drug-likeness (QED) is 0.0744. The Labute approximate surface area is 347 Å². The van der Waals surface area contributed by atoms with Crippen LogP contribution in [0.2, 0.25) is 0 Å². The van der Waals surface area contributed by atoms with Gasteiger partial charge in [0.2, 0.25) is 0 Å². The molecule has 8 aromatic carbocycles. The van der Waals surface area contributed by atoms with E-state index >= 15 is 0 Å². The van der Waals surface area contributed by atoms with E-state index in [0.29, 0.717) is 0 Å². The summed E-state index contributed by atoms with van der Waals surface area (Å²) in [5.74, 6) is 0. The summed E-state index contributed by atoms with van der Waals surface area (Å²) in [6.45, 7) is 8.77. The van der Waals surface area contributed by atoms with Crippen molar-refractivity contribution in [3.63, 3.8) is 0 Å². The van der Waals surface area contributed by atoms with Gasteiger partial charge in [-0.15, -0.1) is 22.4 Å². The van der Waals surface area contributed by atoms with Crippen LogP contribution in [0, 0.1) is 19.9 Å². The molecule has 55 heavy (non-hydrogen) atoms. The molecule has 5 heteroatoms. The summed E-state index contributed by atoms with van der Waals surface area (Å²) < 4.78 is 0. The minimum atomic E-state index is 0.104. The van der Waals surface area contributed by atoms with Gasteiger partial charge in [0.15, 0.2) is 0 Å². The second-order valence-electron chi connectivity index (χ2n) is 13.8. The minimum absolute atomic E-state index is 0.104. The summed E-state index contributed by atoms with van der Waals surface area (Å²) in [6.07, 6.45) is 1.93. The normalized spacial score (nSPS) is 10.9. The molecule has 0 amide bonds. The molecule has 0 saturated carbocycles. The average Bonchev–Trinajstić information content (AvgIpc) is 3.24. The van der Waals surface area contributed by atoms with E-state index in [1.54, 1.807) is 0 Å². The molecule has 1 aromatic heterocycles. The zero-order valence-corrected chi connectivity index (χ0v) is 35.8. The molecule has 0 bridgehead atoms. The van der Waals surface area contributed by atoms with Crippen LogP contribution in [0.25, 0.3) is 77.2 Å². The fourth-order valence-electron chi connectivity index (χ4n) is 6.96. The Hall–Kier alpha value is -4.56. The van der Waals surface area contributed by atoms with Crippen molar-refractivity contribution in [3.8, 4) is 44.6 Å². The number of hydrogen-bond acceptors (Lipinski definition) is 2. The van der Waals surface area contributed by atoms with E-state index in [0.717, 1.165) is 50.1 Å². The number of halogens is 1. The Bertz CT molecular complexity index is 2710. The second-order valence-corrected chi connectivity index (χ2v) is 16.1. The van der Waals surface area contributed by atoms with Crippen LogP contribution in [0.15, 0.2) is 170 Å². The SMILES string of the molecule is CP(C)c1ccccc1.Cc1ccc(-c2ccc(-c3ccc(C)cc3)c3nc(-c4cc(-c5c[c-]cc6ccccc56)c5ccccc5c4)cnc23)cc1.[Pd+][I]. The summed E-state index contributed by atoms with van der Waals surface area (Å²) >= 11 is 4.72. The molecule has 0 saturated heterocycles. The zero-order valence-electron chi connectivity index (χ0n) is 31.2. The molecule has 9 aromatic rings. The van der Waals surface area contributed by atoms with Gasteiger partial charge >= 0.3 is 35.1 Å². The van der Waals surface area contributed by atoms with Gasteiger partial charge in [-0.3, -0.25) is 4.98 Å². The van der Waals surface area contributed by atoms with Gasteiger partial charge < -0.3 is 0 Å². The first kappa shape index (κ1) is 38.7. The van der Waals surface area contributed by atoms with Gasteiger partial charge in [0.25, 0.3) is 0 Å². The Balaban J connectivity index is 0.000000370. The molecule has 272 valence electrons. The maximum absolute atomic E-state index is 5.38. The number of hydrogen-bond donors (Lipinski definition) is 0. The Kier molecular flexibility index (Phi) is 12.6. The first-order chi connectivity index (χ1) is 26.9. The average molecular weight is 933 g/mol. The van der Waals surface area contributed by atoms with Crippen LogP contribution in [-0.4, -0.2) is 23.3 Å². The number of benzene rings is 8. The van der Waals surface area contributed by atoms with Crippen LogP contribution >= 0.6 is 27.4 Å². The number of fused-ring (bicyclic) bond motifs is 3. The summed E-state index contributed by atoms with van der Waals surface area (Å²) in [5.41, 5.74) is 12.9. The van der Waals surface area contributed by atoms with E-state index < -0.39 is 0 Å². The van der Waals surface area contributed by atoms with Crippen LogP contribution in [0.3, 0.4) is 0 Å².